The van der Waals surface area contributed by atoms with Crippen LogP contribution in [-0.4, -0.2) is 14.8 Å². The van der Waals surface area contributed by atoms with Gasteiger partial charge in [-0.05, 0) is 24.1 Å². The van der Waals surface area contributed by atoms with E-state index in [0.29, 0.717) is 13.1 Å². The normalized spacial score (nSPS) is 10.5. The number of nitrogens with two attached hydrogens (primary N) is 1. The lowest BCUT2D eigenvalue weighted by Gasteiger charge is -2.07. The first-order chi connectivity index (χ1) is 8.20. The molecule has 0 radical (unpaired) electrons. The van der Waals surface area contributed by atoms with E-state index in [1.807, 2.05) is 19.1 Å². The third-order valence-electron chi connectivity index (χ3n) is 2.56. The molecule has 0 saturated heterocycles. The van der Waals surface area contributed by atoms with Crippen molar-refractivity contribution in [1.82, 2.24) is 14.8 Å². The first-order valence-corrected chi connectivity index (χ1v) is 5.37. The molecule has 0 aromatic carbocycles. The zero-order valence-electron chi connectivity index (χ0n) is 9.63. The van der Waals surface area contributed by atoms with Crippen LogP contribution in [0.1, 0.15) is 16.8 Å². The first-order valence-electron chi connectivity index (χ1n) is 5.37. The van der Waals surface area contributed by atoms with E-state index in [0.717, 1.165) is 16.8 Å². The van der Waals surface area contributed by atoms with Crippen LogP contribution in [0, 0.1) is 6.92 Å². The molecule has 0 unspecified atom stereocenters. The maximum Gasteiger partial charge on any atom is 0.267 e. The van der Waals surface area contributed by atoms with Gasteiger partial charge in [-0.15, -0.1) is 0 Å². The van der Waals surface area contributed by atoms with Gasteiger partial charge in [0, 0.05) is 25.0 Å². The molecule has 0 atom stereocenters. The summed E-state index contributed by atoms with van der Waals surface area (Å²) in [6.45, 7) is 2.61. The second-order valence-corrected chi connectivity index (χ2v) is 3.82. The third kappa shape index (κ3) is 2.57. The Balaban J connectivity index is 2.34. The van der Waals surface area contributed by atoms with Gasteiger partial charge in [-0.2, -0.15) is 5.10 Å². The van der Waals surface area contributed by atoms with Crippen molar-refractivity contribution in [2.45, 2.75) is 20.0 Å². The molecule has 5 nitrogen and oxygen atoms in total. The SMILES string of the molecule is Cc1nn(Cc2cccnc2)c(=O)cc1CN. The highest BCUT2D eigenvalue weighted by atomic mass is 16.1. The van der Waals surface area contributed by atoms with Crippen LogP contribution in [0.3, 0.4) is 0 Å². The lowest BCUT2D eigenvalue weighted by atomic mass is 10.2. The van der Waals surface area contributed by atoms with Gasteiger partial charge in [-0.3, -0.25) is 9.78 Å². The Hall–Kier alpha value is -2.01. The average Bonchev–Trinajstić information content (AvgIpc) is 2.34. The molecule has 0 saturated carbocycles. The fourth-order valence-electron chi connectivity index (χ4n) is 1.61. The van der Waals surface area contributed by atoms with Gasteiger partial charge >= 0.3 is 0 Å². The van der Waals surface area contributed by atoms with E-state index in [4.69, 9.17) is 5.73 Å². The second-order valence-electron chi connectivity index (χ2n) is 3.82. The Labute approximate surface area is 98.9 Å². The summed E-state index contributed by atoms with van der Waals surface area (Å²) < 4.78 is 1.42. The molecule has 0 aliphatic carbocycles. The number of rotatable bonds is 3. The zero-order valence-corrected chi connectivity index (χ0v) is 9.63. The molecule has 0 amide bonds. The fraction of sp³-hybridized carbons (Fsp3) is 0.250. The molecule has 0 aliphatic rings. The van der Waals surface area contributed by atoms with Gasteiger partial charge in [0.05, 0.1) is 12.2 Å². The van der Waals surface area contributed by atoms with Crippen LogP contribution < -0.4 is 11.3 Å². The Morgan fingerprint density at radius 3 is 2.94 bits per heavy atom. The minimum absolute atomic E-state index is 0.139. The summed E-state index contributed by atoms with van der Waals surface area (Å²) in [5.41, 5.74) is 7.91. The van der Waals surface area contributed by atoms with E-state index in [1.165, 1.54) is 4.68 Å². The summed E-state index contributed by atoms with van der Waals surface area (Å²) in [5.74, 6) is 0. The van der Waals surface area contributed by atoms with Gasteiger partial charge in [0.1, 0.15) is 0 Å². The summed E-state index contributed by atoms with van der Waals surface area (Å²) in [6.07, 6.45) is 3.42. The molecule has 2 heterocycles. The Bertz CT molecular complexity index is 562. The maximum absolute atomic E-state index is 11.8. The molecule has 0 bridgehead atoms. The van der Waals surface area contributed by atoms with Crippen LogP contribution in [0.25, 0.3) is 0 Å². The predicted octanol–water partition coefficient (Wildman–Crippen LogP) is 0.454. The van der Waals surface area contributed by atoms with Crippen molar-refractivity contribution in [2.75, 3.05) is 0 Å². The zero-order chi connectivity index (χ0) is 12.3. The Morgan fingerprint density at radius 2 is 2.29 bits per heavy atom. The molecule has 88 valence electrons. The van der Waals surface area contributed by atoms with E-state index in [2.05, 4.69) is 10.1 Å². The highest BCUT2D eigenvalue weighted by molar-refractivity contribution is 5.16. The standard InChI is InChI=1S/C12H14N4O/c1-9-11(6-13)5-12(17)16(15-9)8-10-3-2-4-14-7-10/h2-5,7H,6,8,13H2,1H3. The number of pyridine rings is 1. The third-order valence-corrected chi connectivity index (χ3v) is 2.56. The van der Waals surface area contributed by atoms with E-state index in [-0.39, 0.29) is 5.56 Å². The van der Waals surface area contributed by atoms with Crippen molar-refractivity contribution in [3.05, 3.63) is 57.8 Å². The molecule has 2 N–H and O–H groups in total. The van der Waals surface area contributed by atoms with E-state index in [9.17, 15) is 4.79 Å². The van der Waals surface area contributed by atoms with Crippen LogP contribution >= 0.6 is 0 Å². The van der Waals surface area contributed by atoms with E-state index in [1.54, 1.807) is 18.5 Å². The number of hydrogen-bond donors (Lipinski definition) is 1. The highest BCUT2D eigenvalue weighted by Crippen LogP contribution is 2.01. The smallest absolute Gasteiger partial charge is 0.267 e. The van der Waals surface area contributed by atoms with Crippen LogP contribution in [-0.2, 0) is 13.1 Å². The van der Waals surface area contributed by atoms with Gasteiger partial charge in [-0.1, -0.05) is 6.07 Å². The molecular weight excluding hydrogens is 216 g/mol. The van der Waals surface area contributed by atoms with Gasteiger partial charge in [0.2, 0.25) is 0 Å². The monoisotopic (exact) mass is 230 g/mol. The average molecular weight is 230 g/mol. The van der Waals surface area contributed by atoms with Crippen molar-refractivity contribution in [3.8, 4) is 0 Å². The van der Waals surface area contributed by atoms with E-state index >= 15 is 0 Å². The van der Waals surface area contributed by atoms with Crippen LogP contribution in [0.4, 0.5) is 0 Å². The molecule has 0 spiro atoms. The van der Waals surface area contributed by atoms with Crippen molar-refractivity contribution in [3.63, 3.8) is 0 Å². The minimum Gasteiger partial charge on any atom is -0.326 e. The van der Waals surface area contributed by atoms with Crippen molar-refractivity contribution >= 4 is 0 Å². The lowest BCUT2D eigenvalue weighted by Crippen LogP contribution is -2.25. The molecule has 2 aromatic heterocycles. The summed E-state index contributed by atoms with van der Waals surface area (Å²) in [7, 11) is 0. The number of aryl methyl sites for hydroxylation is 1. The van der Waals surface area contributed by atoms with Crippen LogP contribution in [0.2, 0.25) is 0 Å². The molecule has 0 fully saturated rings. The quantitative estimate of drug-likeness (QED) is 0.831. The number of aromatic nitrogens is 3. The van der Waals surface area contributed by atoms with Crippen LogP contribution in [0.15, 0.2) is 35.4 Å². The largest absolute Gasteiger partial charge is 0.326 e. The molecule has 17 heavy (non-hydrogen) atoms. The summed E-state index contributed by atoms with van der Waals surface area (Å²) in [4.78, 5) is 15.8. The van der Waals surface area contributed by atoms with Crippen molar-refractivity contribution in [2.24, 2.45) is 5.73 Å². The fourth-order valence-corrected chi connectivity index (χ4v) is 1.61. The van der Waals surface area contributed by atoms with Crippen LogP contribution in [0.5, 0.6) is 0 Å². The molecule has 2 rings (SSSR count). The Kier molecular flexibility index (Phi) is 3.30. The summed E-state index contributed by atoms with van der Waals surface area (Å²) in [5, 5.41) is 4.24. The molecule has 2 aromatic rings. The van der Waals surface area contributed by atoms with Gasteiger partial charge in [-0.25, -0.2) is 4.68 Å². The van der Waals surface area contributed by atoms with Gasteiger partial charge in [0.25, 0.3) is 5.56 Å². The number of hydrogen-bond acceptors (Lipinski definition) is 4. The lowest BCUT2D eigenvalue weighted by molar-refractivity contribution is 0.620. The van der Waals surface area contributed by atoms with Gasteiger partial charge in [0.15, 0.2) is 0 Å². The highest BCUT2D eigenvalue weighted by Gasteiger charge is 2.04. The Morgan fingerprint density at radius 1 is 1.47 bits per heavy atom. The molecular formula is C12H14N4O. The van der Waals surface area contributed by atoms with Crippen molar-refractivity contribution < 1.29 is 0 Å². The topological polar surface area (TPSA) is 73.8 Å². The number of nitrogens with zero attached hydrogens (tertiary/aromatic N) is 3. The second kappa shape index (κ2) is 4.88. The first kappa shape index (κ1) is 11.5. The minimum atomic E-state index is -0.139. The predicted molar refractivity (Wildman–Crippen MR) is 64.5 cm³/mol. The van der Waals surface area contributed by atoms with E-state index < -0.39 is 0 Å². The molecule has 5 heteroatoms. The summed E-state index contributed by atoms with van der Waals surface area (Å²) >= 11 is 0. The van der Waals surface area contributed by atoms with Crippen molar-refractivity contribution in [1.29, 1.82) is 0 Å². The molecule has 0 aliphatic heterocycles. The maximum atomic E-state index is 11.8. The van der Waals surface area contributed by atoms with Gasteiger partial charge < -0.3 is 5.73 Å². The summed E-state index contributed by atoms with van der Waals surface area (Å²) in [6, 6.07) is 5.29.